The summed E-state index contributed by atoms with van der Waals surface area (Å²) in [6, 6.07) is 7.42. The molecule has 20 heavy (non-hydrogen) atoms. The summed E-state index contributed by atoms with van der Waals surface area (Å²) in [4.78, 5) is 21.7. The van der Waals surface area contributed by atoms with Crippen LogP contribution in [-0.4, -0.2) is 22.2 Å². The van der Waals surface area contributed by atoms with Crippen molar-refractivity contribution < 1.29 is 24.2 Å². The number of aromatic carboxylic acids is 2. The van der Waals surface area contributed by atoms with Gasteiger partial charge in [0.1, 0.15) is 5.82 Å². The first-order valence-electron chi connectivity index (χ1n) is 5.45. The predicted molar refractivity (Wildman–Crippen MR) is 70.8 cm³/mol. The molecule has 0 radical (unpaired) electrons. The van der Waals surface area contributed by atoms with E-state index in [1.54, 1.807) is 0 Å². The molecule has 2 rings (SSSR count). The Labute approximate surface area is 118 Å². The van der Waals surface area contributed by atoms with Crippen molar-refractivity contribution in [2.45, 2.75) is 0 Å². The van der Waals surface area contributed by atoms with Crippen LogP contribution in [0.5, 0.6) is 0 Å². The van der Waals surface area contributed by atoms with Gasteiger partial charge in [0.05, 0.1) is 16.1 Å². The van der Waals surface area contributed by atoms with E-state index in [1.807, 2.05) is 0 Å². The molecule has 0 spiro atoms. The highest BCUT2D eigenvalue weighted by atomic mass is 35.5. The van der Waals surface area contributed by atoms with Crippen LogP contribution in [0.4, 0.5) is 4.39 Å². The fourth-order valence-corrected chi connectivity index (χ4v) is 2.01. The van der Waals surface area contributed by atoms with Crippen molar-refractivity contribution in [3.05, 3.63) is 58.4 Å². The van der Waals surface area contributed by atoms with Gasteiger partial charge < -0.3 is 10.2 Å². The SMILES string of the molecule is O=C(O)c1cc(F)cc(-c2ccc(C(=O)O)c(Cl)c2)c1. The number of hydrogen-bond acceptors (Lipinski definition) is 2. The minimum absolute atomic E-state index is 0.00358. The van der Waals surface area contributed by atoms with Crippen LogP contribution in [0.15, 0.2) is 36.4 Å². The van der Waals surface area contributed by atoms with Gasteiger partial charge in [-0.05, 0) is 41.5 Å². The molecule has 0 amide bonds. The molecule has 0 unspecified atom stereocenters. The number of hydrogen-bond donors (Lipinski definition) is 2. The van der Waals surface area contributed by atoms with Crippen molar-refractivity contribution in [2.75, 3.05) is 0 Å². The average molecular weight is 295 g/mol. The van der Waals surface area contributed by atoms with Gasteiger partial charge in [0.25, 0.3) is 0 Å². The lowest BCUT2D eigenvalue weighted by molar-refractivity contribution is 0.0686. The lowest BCUT2D eigenvalue weighted by Crippen LogP contribution is -1.99. The predicted octanol–water partition coefficient (Wildman–Crippen LogP) is 3.54. The van der Waals surface area contributed by atoms with Crippen LogP contribution in [0.1, 0.15) is 20.7 Å². The molecule has 2 aromatic carbocycles. The molecule has 6 heteroatoms. The quantitative estimate of drug-likeness (QED) is 0.908. The van der Waals surface area contributed by atoms with Gasteiger partial charge in [0.15, 0.2) is 0 Å². The summed E-state index contributed by atoms with van der Waals surface area (Å²) in [7, 11) is 0. The van der Waals surface area contributed by atoms with Gasteiger partial charge in [0, 0.05) is 0 Å². The second-order valence-electron chi connectivity index (χ2n) is 4.03. The maximum Gasteiger partial charge on any atom is 0.337 e. The Bertz CT molecular complexity index is 712. The highest BCUT2D eigenvalue weighted by Gasteiger charge is 2.12. The van der Waals surface area contributed by atoms with E-state index >= 15 is 0 Å². The van der Waals surface area contributed by atoms with Crippen molar-refractivity contribution in [1.82, 2.24) is 0 Å². The van der Waals surface area contributed by atoms with Gasteiger partial charge in [-0.1, -0.05) is 17.7 Å². The van der Waals surface area contributed by atoms with Crippen molar-refractivity contribution in [3.63, 3.8) is 0 Å². The Kier molecular flexibility index (Phi) is 3.72. The summed E-state index contributed by atoms with van der Waals surface area (Å²) < 4.78 is 13.4. The lowest BCUT2D eigenvalue weighted by Gasteiger charge is -2.06. The van der Waals surface area contributed by atoms with Crippen LogP contribution in [-0.2, 0) is 0 Å². The number of carboxylic acid groups (broad SMARTS) is 2. The fourth-order valence-electron chi connectivity index (χ4n) is 1.75. The molecular formula is C14H8ClFO4. The maximum absolute atomic E-state index is 13.4. The van der Waals surface area contributed by atoms with Gasteiger partial charge in [-0.15, -0.1) is 0 Å². The van der Waals surface area contributed by atoms with Crippen molar-refractivity contribution in [2.24, 2.45) is 0 Å². The summed E-state index contributed by atoms with van der Waals surface area (Å²) in [6.45, 7) is 0. The van der Waals surface area contributed by atoms with Crippen LogP contribution in [0.2, 0.25) is 5.02 Å². The Hall–Kier alpha value is -2.40. The van der Waals surface area contributed by atoms with Crippen LogP contribution in [0, 0.1) is 5.82 Å². The standard InChI is InChI=1S/C14H8ClFO4/c15-12-6-7(1-2-11(12)14(19)20)8-3-9(13(17)18)5-10(16)4-8/h1-6H,(H,17,18)(H,19,20). The molecule has 0 saturated carbocycles. The number of halogens is 2. The molecule has 0 aliphatic carbocycles. The molecule has 0 saturated heterocycles. The monoisotopic (exact) mass is 294 g/mol. The van der Waals surface area contributed by atoms with E-state index in [9.17, 15) is 14.0 Å². The molecule has 2 aromatic rings. The summed E-state index contributed by atoms with van der Waals surface area (Å²) in [5.74, 6) is -3.12. The molecular weight excluding hydrogens is 287 g/mol. The van der Waals surface area contributed by atoms with E-state index in [0.717, 1.165) is 12.1 Å². The fraction of sp³-hybridized carbons (Fsp3) is 0. The van der Waals surface area contributed by atoms with E-state index in [1.165, 1.54) is 24.3 Å². The van der Waals surface area contributed by atoms with E-state index in [4.69, 9.17) is 21.8 Å². The molecule has 0 atom stereocenters. The number of rotatable bonds is 3. The third-order valence-electron chi connectivity index (χ3n) is 2.68. The zero-order valence-electron chi connectivity index (χ0n) is 9.93. The zero-order chi connectivity index (χ0) is 14.9. The van der Waals surface area contributed by atoms with Crippen LogP contribution < -0.4 is 0 Å². The smallest absolute Gasteiger partial charge is 0.337 e. The molecule has 0 heterocycles. The van der Waals surface area contributed by atoms with E-state index in [2.05, 4.69) is 0 Å². The third-order valence-corrected chi connectivity index (χ3v) is 2.99. The molecule has 2 N–H and O–H groups in total. The van der Waals surface area contributed by atoms with Gasteiger partial charge in [-0.3, -0.25) is 0 Å². The minimum Gasteiger partial charge on any atom is -0.478 e. The van der Waals surface area contributed by atoms with E-state index < -0.39 is 17.8 Å². The number of benzene rings is 2. The van der Waals surface area contributed by atoms with E-state index in [0.29, 0.717) is 11.1 Å². The third kappa shape index (κ3) is 2.78. The summed E-state index contributed by atoms with van der Waals surface area (Å²) in [5.41, 5.74) is 0.465. The van der Waals surface area contributed by atoms with Crippen molar-refractivity contribution >= 4 is 23.5 Å². The molecule has 102 valence electrons. The molecule has 0 aliphatic rings. The normalized spacial score (nSPS) is 10.3. The lowest BCUT2D eigenvalue weighted by atomic mass is 10.0. The number of carboxylic acids is 2. The van der Waals surface area contributed by atoms with Gasteiger partial charge >= 0.3 is 11.9 Å². The van der Waals surface area contributed by atoms with Crippen molar-refractivity contribution in [3.8, 4) is 11.1 Å². The van der Waals surface area contributed by atoms with Gasteiger partial charge in [0.2, 0.25) is 0 Å². The first-order valence-corrected chi connectivity index (χ1v) is 5.83. The Balaban J connectivity index is 2.54. The second-order valence-corrected chi connectivity index (χ2v) is 4.44. The zero-order valence-corrected chi connectivity index (χ0v) is 10.7. The average Bonchev–Trinajstić information content (AvgIpc) is 2.37. The highest BCUT2D eigenvalue weighted by Crippen LogP contribution is 2.27. The first kappa shape index (κ1) is 14.0. The summed E-state index contributed by atoms with van der Waals surface area (Å²) in [6.07, 6.45) is 0. The van der Waals surface area contributed by atoms with Crippen molar-refractivity contribution in [1.29, 1.82) is 0 Å². The minimum atomic E-state index is -1.25. The summed E-state index contributed by atoms with van der Waals surface area (Å²) >= 11 is 5.83. The number of carbonyl (C=O) groups is 2. The Morgan fingerprint density at radius 1 is 0.950 bits per heavy atom. The topological polar surface area (TPSA) is 74.6 Å². The highest BCUT2D eigenvalue weighted by molar-refractivity contribution is 6.33. The maximum atomic E-state index is 13.4. The van der Waals surface area contributed by atoms with E-state index in [-0.39, 0.29) is 16.1 Å². The van der Waals surface area contributed by atoms with Crippen LogP contribution in [0.25, 0.3) is 11.1 Å². The van der Waals surface area contributed by atoms with Gasteiger partial charge in [-0.2, -0.15) is 0 Å². The Morgan fingerprint density at radius 3 is 2.20 bits per heavy atom. The van der Waals surface area contributed by atoms with Crippen LogP contribution in [0.3, 0.4) is 0 Å². The first-order chi connectivity index (χ1) is 9.38. The largest absolute Gasteiger partial charge is 0.478 e. The summed E-state index contributed by atoms with van der Waals surface area (Å²) in [5, 5.41) is 17.7. The molecule has 0 bridgehead atoms. The van der Waals surface area contributed by atoms with Gasteiger partial charge in [-0.25, -0.2) is 14.0 Å². The second kappa shape index (κ2) is 5.30. The van der Waals surface area contributed by atoms with Crippen LogP contribution >= 0.6 is 11.6 Å². The molecule has 4 nitrogen and oxygen atoms in total. The molecule has 0 aromatic heterocycles. The molecule has 0 aliphatic heterocycles. The Morgan fingerprint density at radius 2 is 1.65 bits per heavy atom. The molecule has 0 fully saturated rings.